The summed E-state index contributed by atoms with van der Waals surface area (Å²) in [6.07, 6.45) is 0.168. The van der Waals surface area contributed by atoms with Gasteiger partial charge in [0, 0.05) is 19.7 Å². The predicted octanol–water partition coefficient (Wildman–Crippen LogP) is 2.51. The lowest BCUT2D eigenvalue weighted by atomic mass is 10.1. The van der Waals surface area contributed by atoms with Gasteiger partial charge in [-0.3, -0.25) is 0 Å². The number of halogens is 1. The zero-order valence-corrected chi connectivity index (χ0v) is 9.46. The van der Waals surface area contributed by atoms with Crippen LogP contribution < -0.4 is 5.32 Å². The van der Waals surface area contributed by atoms with Gasteiger partial charge in [-0.2, -0.15) is 0 Å². The Morgan fingerprint density at radius 1 is 1.40 bits per heavy atom. The van der Waals surface area contributed by atoms with Gasteiger partial charge in [-0.1, -0.05) is 12.1 Å². The fourth-order valence-electron chi connectivity index (χ4n) is 1.32. The average Bonchev–Trinajstić information content (AvgIpc) is 2.25. The first kappa shape index (κ1) is 12.1. The molecule has 0 saturated heterocycles. The minimum absolute atomic E-state index is 0.137. The van der Waals surface area contributed by atoms with Gasteiger partial charge >= 0.3 is 0 Å². The number of nitrogens with one attached hydrogen (secondary N) is 1. The highest BCUT2D eigenvalue weighted by Crippen LogP contribution is 2.13. The molecule has 0 heterocycles. The van der Waals surface area contributed by atoms with Crippen LogP contribution in [0.25, 0.3) is 0 Å². The van der Waals surface area contributed by atoms with Crippen LogP contribution in [0.1, 0.15) is 25.5 Å². The van der Waals surface area contributed by atoms with E-state index in [9.17, 15) is 4.39 Å². The monoisotopic (exact) mass is 211 g/mol. The first-order chi connectivity index (χ1) is 7.13. The van der Waals surface area contributed by atoms with Crippen LogP contribution in [0.15, 0.2) is 24.3 Å². The average molecular weight is 211 g/mol. The molecule has 0 saturated carbocycles. The number of rotatable bonds is 5. The number of ether oxygens (including phenoxy) is 1. The highest BCUT2D eigenvalue weighted by Gasteiger charge is 2.07. The quantitative estimate of drug-likeness (QED) is 0.808. The summed E-state index contributed by atoms with van der Waals surface area (Å²) in [5.74, 6) is -0.194. The summed E-state index contributed by atoms with van der Waals surface area (Å²) in [7, 11) is 1.68. The molecule has 15 heavy (non-hydrogen) atoms. The van der Waals surface area contributed by atoms with E-state index in [1.807, 2.05) is 19.9 Å². The zero-order chi connectivity index (χ0) is 11.3. The first-order valence-electron chi connectivity index (χ1n) is 5.15. The van der Waals surface area contributed by atoms with Crippen LogP contribution in [0.3, 0.4) is 0 Å². The number of hydrogen-bond donors (Lipinski definition) is 1. The smallest absolute Gasteiger partial charge is 0.123 e. The Morgan fingerprint density at radius 2 is 2.13 bits per heavy atom. The van der Waals surface area contributed by atoms with Crippen LogP contribution >= 0.6 is 0 Å². The van der Waals surface area contributed by atoms with Crippen molar-refractivity contribution in [2.24, 2.45) is 0 Å². The van der Waals surface area contributed by atoms with E-state index in [1.54, 1.807) is 19.2 Å². The molecule has 0 spiro atoms. The van der Waals surface area contributed by atoms with E-state index in [-0.39, 0.29) is 18.0 Å². The van der Waals surface area contributed by atoms with E-state index in [0.717, 1.165) is 12.1 Å². The standard InChI is InChI=1S/C12H18FNO/c1-9(15-3)8-14-10(2)11-5-4-6-12(13)7-11/h4-7,9-10,14H,8H2,1-3H3. The highest BCUT2D eigenvalue weighted by molar-refractivity contribution is 5.19. The van der Waals surface area contributed by atoms with Gasteiger partial charge in [0.15, 0.2) is 0 Å². The van der Waals surface area contributed by atoms with Crippen molar-refractivity contribution in [3.8, 4) is 0 Å². The van der Waals surface area contributed by atoms with Crippen molar-refractivity contribution < 1.29 is 9.13 Å². The number of methoxy groups -OCH3 is 1. The molecule has 2 atom stereocenters. The summed E-state index contributed by atoms with van der Waals surface area (Å²) in [5, 5.41) is 3.29. The number of benzene rings is 1. The molecule has 0 amide bonds. The molecule has 3 heteroatoms. The lowest BCUT2D eigenvalue weighted by Crippen LogP contribution is -2.28. The van der Waals surface area contributed by atoms with E-state index in [0.29, 0.717) is 0 Å². The molecule has 0 aliphatic carbocycles. The molecule has 1 aromatic carbocycles. The third-order valence-corrected chi connectivity index (χ3v) is 2.46. The molecule has 0 radical (unpaired) electrons. The summed E-state index contributed by atoms with van der Waals surface area (Å²) in [4.78, 5) is 0. The van der Waals surface area contributed by atoms with Crippen LogP contribution in [0.2, 0.25) is 0 Å². The van der Waals surface area contributed by atoms with Crippen LogP contribution in [0, 0.1) is 5.82 Å². The highest BCUT2D eigenvalue weighted by atomic mass is 19.1. The minimum atomic E-state index is -0.194. The van der Waals surface area contributed by atoms with E-state index in [1.165, 1.54) is 6.07 Å². The maximum Gasteiger partial charge on any atom is 0.123 e. The van der Waals surface area contributed by atoms with Crippen molar-refractivity contribution in [3.63, 3.8) is 0 Å². The van der Waals surface area contributed by atoms with Gasteiger partial charge in [0.1, 0.15) is 5.82 Å². The third-order valence-electron chi connectivity index (χ3n) is 2.46. The Balaban J connectivity index is 2.50. The molecule has 84 valence electrons. The van der Waals surface area contributed by atoms with Gasteiger partial charge in [0.2, 0.25) is 0 Å². The second-order valence-corrected chi connectivity index (χ2v) is 3.73. The van der Waals surface area contributed by atoms with Gasteiger partial charge in [0.05, 0.1) is 6.10 Å². The minimum Gasteiger partial charge on any atom is -0.380 e. The van der Waals surface area contributed by atoms with Crippen molar-refractivity contribution in [2.75, 3.05) is 13.7 Å². The Hall–Kier alpha value is -0.930. The maximum atomic E-state index is 12.9. The summed E-state index contributed by atoms with van der Waals surface area (Å²) in [5.41, 5.74) is 0.957. The van der Waals surface area contributed by atoms with Crippen molar-refractivity contribution in [1.29, 1.82) is 0 Å². The molecule has 1 aromatic rings. The molecule has 0 aliphatic heterocycles. The Kier molecular flexibility index (Phi) is 4.72. The van der Waals surface area contributed by atoms with E-state index in [4.69, 9.17) is 4.74 Å². The molecular weight excluding hydrogens is 193 g/mol. The number of hydrogen-bond acceptors (Lipinski definition) is 2. The SMILES string of the molecule is COC(C)CNC(C)c1cccc(F)c1. The van der Waals surface area contributed by atoms with Gasteiger partial charge in [0.25, 0.3) is 0 Å². The first-order valence-corrected chi connectivity index (χ1v) is 5.15. The lowest BCUT2D eigenvalue weighted by molar-refractivity contribution is 0.115. The van der Waals surface area contributed by atoms with Crippen LogP contribution in [-0.2, 0) is 4.74 Å². The molecule has 0 aromatic heterocycles. The molecule has 0 bridgehead atoms. The Labute approximate surface area is 90.4 Å². The maximum absolute atomic E-state index is 12.9. The van der Waals surface area contributed by atoms with Crippen molar-refractivity contribution in [2.45, 2.75) is 26.0 Å². The van der Waals surface area contributed by atoms with Crippen LogP contribution in [0.5, 0.6) is 0 Å². The zero-order valence-electron chi connectivity index (χ0n) is 9.46. The molecular formula is C12H18FNO. The summed E-state index contributed by atoms with van der Waals surface area (Å²) < 4.78 is 18.1. The van der Waals surface area contributed by atoms with Crippen LogP contribution in [0.4, 0.5) is 4.39 Å². The molecule has 1 N–H and O–H groups in total. The lowest BCUT2D eigenvalue weighted by Gasteiger charge is -2.17. The van der Waals surface area contributed by atoms with Gasteiger partial charge < -0.3 is 10.1 Å². The van der Waals surface area contributed by atoms with Crippen molar-refractivity contribution in [1.82, 2.24) is 5.32 Å². The fourth-order valence-corrected chi connectivity index (χ4v) is 1.32. The predicted molar refractivity (Wildman–Crippen MR) is 59.3 cm³/mol. The largest absolute Gasteiger partial charge is 0.380 e. The van der Waals surface area contributed by atoms with Gasteiger partial charge in [-0.25, -0.2) is 4.39 Å². The third kappa shape index (κ3) is 3.98. The molecule has 0 fully saturated rings. The summed E-state index contributed by atoms with van der Waals surface area (Å²) in [6, 6.07) is 6.78. The molecule has 2 unspecified atom stereocenters. The Morgan fingerprint density at radius 3 is 2.73 bits per heavy atom. The van der Waals surface area contributed by atoms with E-state index >= 15 is 0 Å². The topological polar surface area (TPSA) is 21.3 Å². The fraction of sp³-hybridized carbons (Fsp3) is 0.500. The molecule has 1 rings (SSSR count). The van der Waals surface area contributed by atoms with Crippen molar-refractivity contribution in [3.05, 3.63) is 35.6 Å². The summed E-state index contributed by atoms with van der Waals surface area (Å²) in [6.45, 7) is 4.76. The van der Waals surface area contributed by atoms with E-state index in [2.05, 4.69) is 5.32 Å². The van der Waals surface area contributed by atoms with E-state index < -0.39 is 0 Å². The molecule has 0 aliphatic rings. The molecule has 2 nitrogen and oxygen atoms in total. The van der Waals surface area contributed by atoms with Gasteiger partial charge in [-0.15, -0.1) is 0 Å². The second kappa shape index (κ2) is 5.83. The van der Waals surface area contributed by atoms with Gasteiger partial charge in [-0.05, 0) is 31.5 Å². The second-order valence-electron chi connectivity index (χ2n) is 3.73. The Bertz CT molecular complexity index is 303. The summed E-state index contributed by atoms with van der Waals surface area (Å²) >= 11 is 0. The van der Waals surface area contributed by atoms with Crippen molar-refractivity contribution >= 4 is 0 Å². The normalized spacial score (nSPS) is 14.9. The van der Waals surface area contributed by atoms with Crippen LogP contribution in [-0.4, -0.2) is 19.8 Å².